The van der Waals surface area contributed by atoms with Crippen molar-refractivity contribution in [2.45, 2.75) is 12.1 Å². The van der Waals surface area contributed by atoms with Gasteiger partial charge in [0.25, 0.3) is 0 Å². The molecule has 0 saturated heterocycles. The van der Waals surface area contributed by atoms with Crippen LogP contribution in [0.3, 0.4) is 0 Å². The summed E-state index contributed by atoms with van der Waals surface area (Å²) in [6.45, 7) is 1.96. The molecule has 0 aliphatic heterocycles. The second-order valence-corrected chi connectivity index (χ2v) is 4.98. The normalized spacial score (nSPS) is 10.6. The van der Waals surface area contributed by atoms with E-state index in [1.807, 2.05) is 19.2 Å². The van der Waals surface area contributed by atoms with Gasteiger partial charge in [-0.15, -0.1) is 0 Å². The lowest BCUT2D eigenvalue weighted by molar-refractivity contribution is 0.976. The zero-order valence-corrected chi connectivity index (χ0v) is 11.6. The Bertz CT molecular complexity index is 601. The number of aryl methyl sites for hydroxylation is 1. The van der Waals surface area contributed by atoms with E-state index in [1.54, 1.807) is 12.1 Å². The van der Waals surface area contributed by atoms with Crippen LogP contribution in [0, 0.1) is 6.92 Å². The molecule has 2 aromatic rings. The lowest BCUT2D eigenvalue weighted by atomic mass is 10.0. The lowest BCUT2D eigenvalue weighted by Crippen LogP contribution is -2.01. The SMILES string of the molecule is CSc1nc(Cl)cc(-c2c(C)ccc(N)c2N)n1. The highest BCUT2D eigenvalue weighted by atomic mass is 35.5. The molecule has 4 nitrogen and oxygen atoms in total. The highest BCUT2D eigenvalue weighted by Crippen LogP contribution is 2.33. The van der Waals surface area contributed by atoms with E-state index in [1.165, 1.54) is 11.8 Å². The summed E-state index contributed by atoms with van der Waals surface area (Å²) < 4.78 is 0. The van der Waals surface area contributed by atoms with Gasteiger partial charge >= 0.3 is 0 Å². The number of thioether (sulfide) groups is 1. The molecule has 18 heavy (non-hydrogen) atoms. The minimum absolute atomic E-state index is 0.394. The van der Waals surface area contributed by atoms with Gasteiger partial charge in [0.15, 0.2) is 5.16 Å². The lowest BCUT2D eigenvalue weighted by Gasteiger charge is -2.12. The van der Waals surface area contributed by atoms with Gasteiger partial charge in [-0.3, -0.25) is 0 Å². The van der Waals surface area contributed by atoms with Crippen molar-refractivity contribution in [1.82, 2.24) is 9.97 Å². The zero-order valence-electron chi connectivity index (χ0n) is 10.1. The van der Waals surface area contributed by atoms with Crippen LogP contribution in [0.5, 0.6) is 0 Å². The number of hydrogen-bond donors (Lipinski definition) is 2. The fourth-order valence-electron chi connectivity index (χ4n) is 1.70. The molecule has 1 aromatic carbocycles. The molecule has 0 unspecified atom stereocenters. The summed E-state index contributed by atoms with van der Waals surface area (Å²) >= 11 is 7.42. The molecule has 0 aliphatic carbocycles. The Labute approximate surface area is 115 Å². The molecule has 0 radical (unpaired) electrons. The van der Waals surface area contributed by atoms with Gasteiger partial charge in [-0.25, -0.2) is 9.97 Å². The first-order chi connectivity index (χ1) is 8.52. The van der Waals surface area contributed by atoms with Gasteiger partial charge in [0, 0.05) is 11.6 Å². The monoisotopic (exact) mass is 280 g/mol. The van der Waals surface area contributed by atoms with E-state index < -0.39 is 0 Å². The van der Waals surface area contributed by atoms with E-state index in [2.05, 4.69) is 9.97 Å². The maximum absolute atomic E-state index is 6.02. The summed E-state index contributed by atoms with van der Waals surface area (Å²) in [7, 11) is 0. The minimum atomic E-state index is 0.394. The standard InChI is InChI=1S/C12H13ClN4S/c1-6-3-4-7(14)11(15)10(6)8-5-9(13)17-12(16-8)18-2/h3-5H,14-15H2,1-2H3. The van der Waals surface area contributed by atoms with Gasteiger partial charge in [0.1, 0.15) is 5.15 Å². The summed E-state index contributed by atoms with van der Waals surface area (Å²) in [5, 5.41) is 1.00. The van der Waals surface area contributed by atoms with Crippen LogP contribution < -0.4 is 11.5 Å². The molecule has 1 heterocycles. The molecule has 0 atom stereocenters. The first-order valence-corrected chi connectivity index (χ1v) is 6.86. The van der Waals surface area contributed by atoms with Crippen LogP contribution in [0.15, 0.2) is 23.4 Å². The van der Waals surface area contributed by atoms with E-state index in [0.717, 1.165) is 11.1 Å². The van der Waals surface area contributed by atoms with E-state index >= 15 is 0 Å². The summed E-state index contributed by atoms with van der Waals surface area (Å²) in [6, 6.07) is 5.39. The molecule has 0 aliphatic rings. The number of nitrogens with two attached hydrogens (primary N) is 2. The predicted molar refractivity (Wildman–Crippen MR) is 77.8 cm³/mol. The second kappa shape index (κ2) is 5.04. The fourth-order valence-corrected chi connectivity index (χ4v) is 2.31. The Balaban J connectivity index is 2.69. The number of hydrogen-bond acceptors (Lipinski definition) is 5. The van der Waals surface area contributed by atoms with Gasteiger partial charge in [-0.2, -0.15) is 0 Å². The van der Waals surface area contributed by atoms with Crippen molar-refractivity contribution in [3.63, 3.8) is 0 Å². The molecule has 4 N–H and O–H groups in total. The van der Waals surface area contributed by atoms with Crippen molar-refractivity contribution in [2.24, 2.45) is 0 Å². The number of anilines is 2. The number of nitrogens with zero attached hydrogens (tertiary/aromatic N) is 2. The predicted octanol–water partition coefficient (Wildman–Crippen LogP) is 2.99. The molecule has 0 amide bonds. The van der Waals surface area contributed by atoms with Gasteiger partial charge in [0.05, 0.1) is 17.1 Å². The van der Waals surface area contributed by atoms with E-state index in [4.69, 9.17) is 23.1 Å². The second-order valence-electron chi connectivity index (χ2n) is 3.82. The van der Waals surface area contributed by atoms with Crippen molar-refractivity contribution in [1.29, 1.82) is 0 Å². The van der Waals surface area contributed by atoms with E-state index in [0.29, 0.717) is 27.4 Å². The number of halogens is 1. The summed E-state index contributed by atoms with van der Waals surface area (Å²) in [4.78, 5) is 8.52. The Morgan fingerprint density at radius 2 is 1.94 bits per heavy atom. The van der Waals surface area contributed by atoms with E-state index in [9.17, 15) is 0 Å². The first-order valence-electron chi connectivity index (χ1n) is 5.26. The maximum Gasteiger partial charge on any atom is 0.189 e. The zero-order chi connectivity index (χ0) is 13.3. The van der Waals surface area contributed by atoms with Crippen molar-refractivity contribution in [2.75, 3.05) is 17.7 Å². The smallest absolute Gasteiger partial charge is 0.189 e. The molecule has 94 valence electrons. The highest BCUT2D eigenvalue weighted by molar-refractivity contribution is 7.98. The Kier molecular flexibility index (Phi) is 3.63. The van der Waals surface area contributed by atoms with Crippen LogP contribution in [-0.2, 0) is 0 Å². The number of rotatable bonds is 2. The maximum atomic E-state index is 6.02. The van der Waals surface area contributed by atoms with Crippen molar-refractivity contribution in [3.05, 3.63) is 28.9 Å². The Morgan fingerprint density at radius 3 is 2.61 bits per heavy atom. The van der Waals surface area contributed by atoms with Crippen LogP contribution in [0.4, 0.5) is 11.4 Å². The van der Waals surface area contributed by atoms with Crippen LogP contribution in [0.2, 0.25) is 5.15 Å². The van der Waals surface area contributed by atoms with Crippen LogP contribution >= 0.6 is 23.4 Å². The third-order valence-corrected chi connectivity index (χ3v) is 3.34. The number of nitrogen functional groups attached to an aromatic ring is 2. The fraction of sp³-hybridized carbons (Fsp3) is 0.167. The molecule has 0 fully saturated rings. The largest absolute Gasteiger partial charge is 0.397 e. The molecular weight excluding hydrogens is 268 g/mol. The van der Waals surface area contributed by atoms with Gasteiger partial charge in [-0.1, -0.05) is 29.4 Å². The molecular formula is C12H13ClN4S. The Morgan fingerprint density at radius 1 is 1.22 bits per heavy atom. The molecule has 1 aromatic heterocycles. The van der Waals surface area contributed by atoms with E-state index in [-0.39, 0.29) is 0 Å². The van der Waals surface area contributed by atoms with Crippen molar-refractivity contribution >= 4 is 34.7 Å². The van der Waals surface area contributed by atoms with Crippen molar-refractivity contribution in [3.8, 4) is 11.3 Å². The summed E-state index contributed by atoms with van der Waals surface area (Å²) in [6.07, 6.45) is 1.89. The number of benzene rings is 1. The molecule has 2 rings (SSSR count). The van der Waals surface area contributed by atoms with Crippen LogP contribution in [0.25, 0.3) is 11.3 Å². The third-order valence-electron chi connectivity index (χ3n) is 2.60. The average molecular weight is 281 g/mol. The quantitative estimate of drug-likeness (QED) is 0.383. The molecule has 6 heteroatoms. The third kappa shape index (κ3) is 2.37. The minimum Gasteiger partial charge on any atom is -0.397 e. The van der Waals surface area contributed by atoms with Gasteiger partial charge in [0.2, 0.25) is 0 Å². The Hall–Kier alpha value is -1.46. The number of aromatic nitrogens is 2. The topological polar surface area (TPSA) is 77.8 Å². The summed E-state index contributed by atoms with van der Waals surface area (Å²) in [5.74, 6) is 0. The van der Waals surface area contributed by atoms with Gasteiger partial charge in [-0.05, 0) is 24.8 Å². The summed E-state index contributed by atoms with van der Waals surface area (Å²) in [5.41, 5.74) is 15.4. The molecule has 0 saturated carbocycles. The van der Waals surface area contributed by atoms with Crippen LogP contribution in [-0.4, -0.2) is 16.2 Å². The highest BCUT2D eigenvalue weighted by Gasteiger charge is 2.12. The van der Waals surface area contributed by atoms with Crippen LogP contribution in [0.1, 0.15) is 5.56 Å². The first kappa shape index (κ1) is 13.0. The van der Waals surface area contributed by atoms with Crippen molar-refractivity contribution < 1.29 is 0 Å². The average Bonchev–Trinajstić information content (AvgIpc) is 2.34. The molecule has 0 spiro atoms. The molecule has 0 bridgehead atoms. The van der Waals surface area contributed by atoms with Gasteiger partial charge < -0.3 is 11.5 Å².